The Hall–Kier alpha value is -2.47. The summed E-state index contributed by atoms with van der Waals surface area (Å²) in [6.45, 7) is 2.58. The standard InChI is InChI=1S/C17H17N3O2S/c1-11-13-15(18-9-5-8-12-6-3-2-4-7-12)19-10-20-16(13)23-14(11)17(21)22/h2-4,6-7,10H,5,8-9H2,1H3,(H,21,22)(H,18,19,20). The number of fused-ring (bicyclic) bond motifs is 1. The Kier molecular flexibility index (Phi) is 4.52. The monoisotopic (exact) mass is 327 g/mol. The van der Waals surface area contributed by atoms with Gasteiger partial charge in [-0.25, -0.2) is 14.8 Å². The molecule has 0 spiro atoms. The van der Waals surface area contributed by atoms with E-state index in [-0.39, 0.29) is 0 Å². The number of hydrogen-bond donors (Lipinski definition) is 2. The number of aromatic carboxylic acids is 1. The van der Waals surface area contributed by atoms with Crippen molar-refractivity contribution in [3.63, 3.8) is 0 Å². The molecule has 0 unspecified atom stereocenters. The van der Waals surface area contributed by atoms with E-state index in [0.717, 1.165) is 30.3 Å². The Bertz CT molecular complexity index is 830. The van der Waals surface area contributed by atoms with Crippen molar-refractivity contribution in [3.05, 3.63) is 52.7 Å². The summed E-state index contributed by atoms with van der Waals surface area (Å²) in [6.07, 6.45) is 3.44. The number of carbonyl (C=O) groups is 1. The molecule has 2 N–H and O–H groups in total. The van der Waals surface area contributed by atoms with Crippen molar-refractivity contribution in [2.45, 2.75) is 19.8 Å². The molecule has 0 amide bonds. The maximum absolute atomic E-state index is 11.3. The zero-order valence-electron chi connectivity index (χ0n) is 12.7. The van der Waals surface area contributed by atoms with E-state index in [0.29, 0.717) is 15.5 Å². The molecule has 5 nitrogen and oxygen atoms in total. The summed E-state index contributed by atoms with van der Waals surface area (Å²) in [5.41, 5.74) is 2.03. The maximum Gasteiger partial charge on any atom is 0.346 e. The van der Waals surface area contributed by atoms with Crippen molar-refractivity contribution in [1.29, 1.82) is 0 Å². The summed E-state index contributed by atoms with van der Waals surface area (Å²) >= 11 is 1.19. The molecule has 0 bridgehead atoms. The highest BCUT2D eigenvalue weighted by Gasteiger charge is 2.18. The Morgan fingerprint density at radius 2 is 2.04 bits per heavy atom. The number of rotatable bonds is 6. The third-order valence-electron chi connectivity index (χ3n) is 3.70. The molecule has 0 radical (unpaired) electrons. The number of hydrogen-bond acceptors (Lipinski definition) is 5. The molecule has 2 aromatic heterocycles. The predicted molar refractivity (Wildman–Crippen MR) is 92.4 cm³/mol. The topological polar surface area (TPSA) is 75.1 Å². The number of anilines is 1. The van der Waals surface area contributed by atoms with E-state index in [2.05, 4.69) is 27.4 Å². The highest BCUT2D eigenvalue weighted by molar-refractivity contribution is 7.20. The number of nitrogens with one attached hydrogen (secondary N) is 1. The van der Waals surface area contributed by atoms with Gasteiger partial charge in [-0.05, 0) is 30.9 Å². The van der Waals surface area contributed by atoms with Gasteiger partial charge < -0.3 is 10.4 Å². The van der Waals surface area contributed by atoms with Crippen molar-refractivity contribution in [3.8, 4) is 0 Å². The normalized spacial score (nSPS) is 10.8. The molecule has 0 saturated heterocycles. The van der Waals surface area contributed by atoms with Crippen LogP contribution in [0.3, 0.4) is 0 Å². The molecule has 0 aliphatic carbocycles. The smallest absolute Gasteiger partial charge is 0.346 e. The average molecular weight is 327 g/mol. The lowest BCUT2D eigenvalue weighted by Gasteiger charge is -2.07. The van der Waals surface area contributed by atoms with Crippen LogP contribution in [0.4, 0.5) is 5.82 Å². The highest BCUT2D eigenvalue weighted by Crippen LogP contribution is 2.33. The van der Waals surface area contributed by atoms with Crippen LogP contribution < -0.4 is 5.32 Å². The van der Waals surface area contributed by atoms with Crippen LogP contribution in [0, 0.1) is 6.92 Å². The Morgan fingerprint density at radius 3 is 2.78 bits per heavy atom. The number of carboxylic acids is 1. The number of benzene rings is 1. The van der Waals surface area contributed by atoms with Crippen LogP contribution in [0.1, 0.15) is 27.2 Å². The van der Waals surface area contributed by atoms with Crippen LogP contribution in [-0.2, 0) is 6.42 Å². The van der Waals surface area contributed by atoms with Crippen LogP contribution in [-0.4, -0.2) is 27.6 Å². The van der Waals surface area contributed by atoms with Gasteiger partial charge in [0.2, 0.25) is 0 Å². The minimum atomic E-state index is -0.916. The molecular formula is C17H17N3O2S. The minimum absolute atomic E-state index is 0.327. The van der Waals surface area contributed by atoms with Crippen LogP contribution in [0.15, 0.2) is 36.7 Å². The van der Waals surface area contributed by atoms with Gasteiger partial charge >= 0.3 is 5.97 Å². The summed E-state index contributed by atoms with van der Waals surface area (Å²) in [7, 11) is 0. The third-order valence-corrected chi connectivity index (χ3v) is 4.89. The number of aromatic nitrogens is 2. The van der Waals surface area contributed by atoms with E-state index >= 15 is 0 Å². The first-order chi connectivity index (χ1) is 11.2. The molecule has 0 atom stereocenters. The summed E-state index contributed by atoms with van der Waals surface area (Å²) in [6, 6.07) is 10.3. The molecule has 2 heterocycles. The Balaban J connectivity index is 1.72. The lowest BCUT2D eigenvalue weighted by atomic mass is 10.1. The number of aryl methyl sites for hydroxylation is 2. The molecule has 0 saturated carbocycles. The van der Waals surface area contributed by atoms with Gasteiger partial charge in [0.25, 0.3) is 0 Å². The van der Waals surface area contributed by atoms with Gasteiger partial charge in [0.1, 0.15) is 21.9 Å². The number of thiophene rings is 1. The minimum Gasteiger partial charge on any atom is -0.477 e. The summed E-state index contributed by atoms with van der Waals surface area (Å²) in [4.78, 5) is 20.8. The fourth-order valence-corrected chi connectivity index (χ4v) is 3.54. The van der Waals surface area contributed by atoms with Crippen LogP contribution in [0.25, 0.3) is 10.2 Å². The molecule has 0 fully saturated rings. The van der Waals surface area contributed by atoms with Crippen molar-refractivity contribution < 1.29 is 9.90 Å². The second kappa shape index (κ2) is 6.75. The second-order valence-corrected chi connectivity index (χ2v) is 6.28. The Labute approximate surface area is 138 Å². The molecule has 0 aliphatic heterocycles. The van der Waals surface area contributed by atoms with Crippen molar-refractivity contribution in [2.24, 2.45) is 0 Å². The van der Waals surface area contributed by atoms with E-state index in [1.807, 2.05) is 18.2 Å². The fourth-order valence-electron chi connectivity index (χ4n) is 2.55. The molecule has 3 rings (SSSR count). The molecule has 118 valence electrons. The second-order valence-electron chi connectivity index (χ2n) is 5.28. The molecule has 6 heteroatoms. The van der Waals surface area contributed by atoms with Gasteiger partial charge in [-0.3, -0.25) is 0 Å². The van der Waals surface area contributed by atoms with Crippen LogP contribution >= 0.6 is 11.3 Å². The van der Waals surface area contributed by atoms with Crippen molar-refractivity contribution >= 4 is 33.3 Å². The average Bonchev–Trinajstić information content (AvgIpc) is 2.91. The SMILES string of the molecule is Cc1c(C(=O)O)sc2ncnc(NCCCc3ccccc3)c12. The zero-order chi connectivity index (χ0) is 16.2. The van der Waals surface area contributed by atoms with E-state index in [1.54, 1.807) is 6.92 Å². The van der Waals surface area contributed by atoms with Gasteiger partial charge in [-0.15, -0.1) is 11.3 Å². The first-order valence-corrected chi connectivity index (χ1v) is 8.23. The summed E-state index contributed by atoms with van der Waals surface area (Å²) in [5.74, 6) is -0.204. The first kappa shape index (κ1) is 15.4. The third kappa shape index (κ3) is 3.32. The lowest BCUT2D eigenvalue weighted by Crippen LogP contribution is -2.05. The Morgan fingerprint density at radius 1 is 1.26 bits per heavy atom. The largest absolute Gasteiger partial charge is 0.477 e. The van der Waals surface area contributed by atoms with E-state index < -0.39 is 5.97 Å². The van der Waals surface area contributed by atoms with Gasteiger partial charge in [0.15, 0.2) is 0 Å². The van der Waals surface area contributed by atoms with E-state index in [9.17, 15) is 9.90 Å². The maximum atomic E-state index is 11.3. The summed E-state index contributed by atoms with van der Waals surface area (Å²) < 4.78 is 0. The van der Waals surface area contributed by atoms with Crippen LogP contribution in [0.2, 0.25) is 0 Å². The van der Waals surface area contributed by atoms with Gasteiger partial charge in [0.05, 0.1) is 5.39 Å². The van der Waals surface area contributed by atoms with Crippen molar-refractivity contribution in [1.82, 2.24) is 9.97 Å². The predicted octanol–water partition coefficient (Wildman–Crippen LogP) is 3.74. The van der Waals surface area contributed by atoms with E-state index in [1.165, 1.54) is 23.2 Å². The lowest BCUT2D eigenvalue weighted by molar-refractivity contribution is 0.0701. The quantitative estimate of drug-likeness (QED) is 0.675. The van der Waals surface area contributed by atoms with Gasteiger partial charge in [-0.2, -0.15) is 0 Å². The molecule has 23 heavy (non-hydrogen) atoms. The zero-order valence-corrected chi connectivity index (χ0v) is 13.6. The number of nitrogens with zero attached hydrogens (tertiary/aromatic N) is 2. The molecule has 0 aliphatic rings. The molecule has 3 aromatic rings. The molecule has 1 aromatic carbocycles. The van der Waals surface area contributed by atoms with E-state index in [4.69, 9.17) is 0 Å². The van der Waals surface area contributed by atoms with Crippen molar-refractivity contribution in [2.75, 3.05) is 11.9 Å². The number of carboxylic acid groups (broad SMARTS) is 1. The van der Waals surface area contributed by atoms with Gasteiger partial charge in [0, 0.05) is 6.54 Å². The fraction of sp³-hybridized carbons (Fsp3) is 0.235. The van der Waals surface area contributed by atoms with Gasteiger partial charge in [-0.1, -0.05) is 30.3 Å². The summed E-state index contributed by atoms with van der Waals surface area (Å²) in [5, 5.41) is 13.4. The highest BCUT2D eigenvalue weighted by atomic mass is 32.1. The van der Waals surface area contributed by atoms with Crippen LogP contribution in [0.5, 0.6) is 0 Å². The molecular weight excluding hydrogens is 310 g/mol. The first-order valence-electron chi connectivity index (χ1n) is 7.42.